The van der Waals surface area contributed by atoms with Gasteiger partial charge in [0.25, 0.3) is 5.69 Å². The van der Waals surface area contributed by atoms with Gasteiger partial charge in [-0.05, 0) is 24.6 Å². The van der Waals surface area contributed by atoms with Crippen LogP contribution in [0.2, 0.25) is 0 Å². The van der Waals surface area contributed by atoms with E-state index in [2.05, 4.69) is 0 Å². The first-order chi connectivity index (χ1) is 6.93. The molecule has 0 saturated heterocycles. The summed E-state index contributed by atoms with van der Waals surface area (Å²) in [6.07, 6.45) is -1.36. The number of nitro groups is 1. The summed E-state index contributed by atoms with van der Waals surface area (Å²) in [4.78, 5) is 20.3. The average molecular weight is 213 g/mol. The Morgan fingerprint density at radius 2 is 2.20 bits per heavy atom. The van der Waals surface area contributed by atoms with Gasteiger partial charge in [-0.3, -0.25) is 10.1 Å². The number of alkyl halides is 1. The smallest absolute Gasteiger partial charge is 0.342 e. The van der Waals surface area contributed by atoms with Gasteiger partial charge >= 0.3 is 5.97 Å². The van der Waals surface area contributed by atoms with Crippen molar-refractivity contribution in [1.29, 1.82) is 0 Å². The van der Waals surface area contributed by atoms with E-state index in [1.54, 1.807) is 0 Å². The van der Waals surface area contributed by atoms with E-state index < -0.39 is 28.3 Å². The highest BCUT2D eigenvalue weighted by Gasteiger charge is 2.20. The Hall–Kier alpha value is -1.98. The van der Waals surface area contributed by atoms with Crippen molar-refractivity contribution in [2.75, 3.05) is 0 Å². The number of benzene rings is 1. The number of carboxylic acids is 1. The highest BCUT2D eigenvalue weighted by atomic mass is 19.1. The second kappa shape index (κ2) is 4.04. The Balaban J connectivity index is 3.33. The molecule has 0 aliphatic carbocycles. The molecule has 0 spiro atoms. The maximum absolute atomic E-state index is 12.8. The van der Waals surface area contributed by atoms with Gasteiger partial charge in [-0.25, -0.2) is 9.18 Å². The van der Waals surface area contributed by atoms with Crippen LogP contribution >= 0.6 is 0 Å². The first-order valence-electron chi connectivity index (χ1n) is 4.09. The third kappa shape index (κ3) is 2.28. The zero-order valence-electron chi connectivity index (χ0n) is 7.81. The molecular formula is C9H8FNO4. The van der Waals surface area contributed by atoms with Crippen LogP contribution in [0.25, 0.3) is 0 Å². The maximum atomic E-state index is 12.8. The zero-order chi connectivity index (χ0) is 11.6. The van der Waals surface area contributed by atoms with Crippen LogP contribution in [-0.2, 0) is 0 Å². The number of nitrogens with zero attached hydrogens (tertiary/aromatic N) is 1. The third-order valence-corrected chi connectivity index (χ3v) is 1.91. The fraction of sp³-hybridized carbons (Fsp3) is 0.222. The van der Waals surface area contributed by atoms with Gasteiger partial charge in [0.05, 0.1) is 4.92 Å². The minimum Gasteiger partial charge on any atom is -0.477 e. The van der Waals surface area contributed by atoms with Crippen LogP contribution in [0.4, 0.5) is 10.1 Å². The second-order valence-electron chi connectivity index (χ2n) is 2.95. The lowest BCUT2D eigenvalue weighted by Crippen LogP contribution is -2.03. The Kier molecular flexibility index (Phi) is 2.99. The summed E-state index contributed by atoms with van der Waals surface area (Å²) in [5, 5.41) is 19.1. The van der Waals surface area contributed by atoms with E-state index in [0.29, 0.717) is 0 Å². The van der Waals surface area contributed by atoms with Crippen LogP contribution in [0.1, 0.15) is 29.0 Å². The van der Waals surface area contributed by atoms with Crippen molar-refractivity contribution in [3.63, 3.8) is 0 Å². The van der Waals surface area contributed by atoms with Crippen molar-refractivity contribution >= 4 is 11.7 Å². The van der Waals surface area contributed by atoms with Gasteiger partial charge in [0.2, 0.25) is 0 Å². The number of carboxylic acid groups (broad SMARTS) is 1. The molecule has 6 heteroatoms. The van der Waals surface area contributed by atoms with Crippen molar-refractivity contribution < 1.29 is 19.2 Å². The van der Waals surface area contributed by atoms with Crippen molar-refractivity contribution in [3.8, 4) is 0 Å². The van der Waals surface area contributed by atoms with E-state index in [1.807, 2.05) is 0 Å². The largest absolute Gasteiger partial charge is 0.477 e. The normalized spacial score (nSPS) is 12.1. The number of hydrogen-bond acceptors (Lipinski definition) is 3. The molecule has 1 unspecified atom stereocenters. The molecule has 0 aliphatic rings. The molecule has 1 aromatic carbocycles. The van der Waals surface area contributed by atoms with Gasteiger partial charge in [0, 0.05) is 6.07 Å². The molecule has 0 bridgehead atoms. The molecule has 1 aromatic rings. The molecule has 1 rings (SSSR count). The van der Waals surface area contributed by atoms with E-state index in [-0.39, 0.29) is 5.56 Å². The summed E-state index contributed by atoms with van der Waals surface area (Å²) in [5.41, 5.74) is -0.924. The predicted octanol–water partition coefficient (Wildman–Crippen LogP) is 2.32. The molecule has 5 nitrogen and oxygen atoms in total. The lowest BCUT2D eigenvalue weighted by molar-refractivity contribution is -0.385. The summed E-state index contributed by atoms with van der Waals surface area (Å²) in [6, 6.07) is 3.18. The quantitative estimate of drug-likeness (QED) is 0.617. The number of aromatic carboxylic acids is 1. The Morgan fingerprint density at radius 3 is 2.60 bits per heavy atom. The highest BCUT2D eigenvalue weighted by molar-refractivity contribution is 5.92. The van der Waals surface area contributed by atoms with Crippen LogP contribution in [0.5, 0.6) is 0 Å². The Labute approximate surface area is 84.3 Å². The van der Waals surface area contributed by atoms with Crippen LogP contribution in [0.15, 0.2) is 18.2 Å². The van der Waals surface area contributed by atoms with Gasteiger partial charge in [0.15, 0.2) is 0 Å². The number of halogens is 1. The predicted molar refractivity (Wildman–Crippen MR) is 49.6 cm³/mol. The van der Waals surface area contributed by atoms with Crippen LogP contribution in [0.3, 0.4) is 0 Å². The van der Waals surface area contributed by atoms with Crippen molar-refractivity contribution in [2.45, 2.75) is 13.1 Å². The fourth-order valence-corrected chi connectivity index (χ4v) is 1.13. The van der Waals surface area contributed by atoms with Gasteiger partial charge < -0.3 is 5.11 Å². The summed E-state index contributed by atoms with van der Waals surface area (Å²) >= 11 is 0. The first-order valence-corrected chi connectivity index (χ1v) is 4.09. The highest BCUT2D eigenvalue weighted by Crippen LogP contribution is 2.24. The summed E-state index contributed by atoms with van der Waals surface area (Å²) in [6.45, 7) is 1.23. The van der Waals surface area contributed by atoms with Gasteiger partial charge in [-0.2, -0.15) is 0 Å². The summed E-state index contributed by atoms with van der Waals surface area (Å²) in [7, 11) is 0. The van der Waals surface area contributed by atoms with Crippen molar-refractivity contribution in [1.82, 2.24) is 0 Å². The van der Waals surface area contributed by atoms with Crippen LogP contribution in [0, 0.1) is 10.1 Å². The summed E-state index contributed by atoms with van der Waals surface area (Å²) in [5.74, 6) is -1.44. The second-order valence-corrected chi connectivity index (χ2v) is 2.95. The number of nitro benzene ring substituents is 1. The standard InChI is InChI=1S/C9H8FNO4/c1-5(10)6-2-3-8(11(14)15)7(4-6)9(12)13/h2-5H,1H3,(H,12,13). The average Bonchev–Trinajstić information content (AvgIpc) is 2.16. The minimum atomic E-state index is -1.44. The van der Waals surface area contributed by atoms with Gasteiger partial charge in [0.1, 0.15) is 11.7 Å². The van der Waals surface area contributed by atoms with Gasteiger partial charge in [-0.15, -0.1) is 0 Å². The SMILES string of the molecule is CC(F)c1ccc([N+](=O)[O-])c(C(=O)O)c1. The van der Waals surface area contributed by atoms with E-state index in [9.17, 15) is 19.3 Å². The lowest BCUT2D eigenvalue weighted by Gasteiger charge is -2.03. The molecule has 1 N–H and O–H groups in total. The molecule has 0 amide bonds. The molecule has 1 atom stereocenters. The molecule has 0 aromatic heterocycles. The molecule has 0 aliphatic heterocycles. The molecule has 0 saturated carbocycles. The third-order valence-electron chi connectivity index (χ3n) is 1.91. The molecule has 80 valence electrons. The molecule has 0 radical (unpaired) electrons. The van der Waals surface area contributed by atoms with Crippen LogP contribution < -0.4 is 0 Å². The number of rotatable bonds is 3. The fourth-order valence-electron chi connectivity index (χ4n) is 1.13. The monoisotopic (exact) mass is 213 g/mol. The van der Waals surface area contributed by atoms with E-state index in [1.165, 1.54) is 13.0 Å². The maximum Gasteiger partial charge on any atom is 0.342 e. The Bertz CT molecular complexity index is 417. The first kappa shape index (κ1) is 11.1. The van der Waals surface area contributed by atoms with E-state index in [4.69, 9.17) is 5.11 Å². The van der Waals surface area contributed by atoms with Crippen molar-refractivity contribution in [2.24, 2.45) is 0 Å². The molecule has 0 fully saturated rings. The van der Waals surface area contributed by atoms with E-state index in [0.717, 1.165) is 12.1 Å². The van der Waals surface area contributed by atoms with E-state index >= 15 is 0 Å². The number of hydrogen-bond donors (Lipinski definition) is 1. The minimum absolute atomic E-state index is 0.109. The molecule has 0 heterocycles. The van der Waals surface area contributed by atoms with Gasteiger partial charge in [-0.1, -0.05) is 0 Å². The number of carbonyl (C=O) groups is 1. The topological polar surface area (TPSA) is 80.4 Å². The zero-order valence-corrected chi connectivity index (χ0v) is 7.81. The van der Waals surface area contributed by atoms with Crippen LogP contribution in [-0.4, -0.2) is 16.0 Å². The molecule has 15 heavy (non-hydrogen) atoms. The summed E-state index contributed by atoms with van der Waals surface area (Å²) < 4.78 is 12.8. The van der Waals surface area contributed by atoms with Crippen molar-refractivity contribution in [3.05, 3.63) is 39.4 Å². The molecular weight excluding hydrogens is 205 g/mol. The Morgan fingerprint density at radius 1 is 1.60 bits per heavy atom. The lowest BCUT2D eigenvalue weighted by atomic mass is 10.1.